The van der Waals surface area contributed by atoms with Crippen molar-refractivity contribution in [2.45, 2.75) is 45.6 Å². The molecule has 0 spiro atoms. The summed E-state index contributed by atoms with van der Waals surface area (Å²) in [5.41, 5.74) is 2.05. The Balaban J connectivity index is 2.20. The summed E-state index contributed by atoms with van der Waals surface area (Å²) in [4.78, 5) is 16.0. The minimum absolute atomic E-state index is 0.230. The largest absolute Gasteiger partial charge is 0.330 e. The van der Waals surface area contributed by atoms with Crippen LogP contribution < -0.4 is 0 Å². The lowest BCUT2D eigenvalue weighted by Crippen LogP contribution is -2.09. The van der Waals surface area contributed by atoms with Crippen molar-refractivity contribution < 1.29 is 4.79 Å². The first kappa shape index (κ1) is 14.5. The van der Waals surface area contributed by atoms with Crippen LogP contribution in [0, 0.1) is 0 Å². The molecule has 2 rings (SSSR count). The smallest absolute Gasteiger partial charge is 0.162 e. The molecule has 1 heterocycles. The van der Waals surface area contributed by atoms with E-state index in [0.29, 0.717) is 12.5 Å². The van der Waals surface area contributed by atoms with Gasteiger partial charge in [0.1, 0.15) is 0 Å². The number of carbonyl (C=O) groups is 1. The zero-order chi connectivity index (χ0) is 14.4. The molecule has 0 saturated carbocycles. The summed E-state index contributed by atoms with van der Waals surface area (Å²) in [6.07, 6.45) is 9.36. The van der Waals surface area contributed by atoms with E-state index < -0.39 is 0 Å². The maximum atomic E-state index is 11.9. The normalized spacial score (nSPS) is 12.3. The Morgan fingerprint density at radius 1 is 1.20 bits per heavy atom. The van der Waals surface area contributed by atoms with Crippen LogP contribution in [0.15, 0.2) is 43.0 Å². The first-order valence-electron chi connectivity index (χ1n) is 7.36. The van der Waals surface area contributed by atoms with E-state index in [0.717, 1.165) is 24.8 Å². The van der Waals surface area contributed by atoms with Crippen LogP contribution in [-0.2, 0) is 0 Å². The molecule has 0 bridgehead atoms. The van der Waals surface area contributed by atoms with Crippen LogP contribution in [-0.4, -0.2) is 15.3 Å². The number of ketones is 1. The van der Waals surface area contributed by atoms with E-state index in [9.17, 15) is 4.79 Å². The maximum absolute atomic E-state index is 11.9. The lowest BCUT2D eigenvalue weighted by atomic mass is 9.99. The molecule has 0 radical (unpaired) electrons. The van der Waals surface area contributed by atoms with Gasteiger partial charge in [0, 0.05) is 24.4 Å². The number of aromatic nitrogens is 2. The molecule has 0 aliphatic rings. The summed E-state index contributed by atoms with van der Waals surface area (Å²) in [5, 5.41) is 0. The highest BCUT2D eigenvalue weighted by atomic mass is 16.1. The second kappa shape index (κ2) is 7.04. The highest BCUT2D eigenvalue weighted by Crippen LogP contribution is 2.24. The van der Waals surface area contributed by atoms with Crippen LogP contribution in [0.5, 0.6) is 0 Å². The standard InChI is InChI=1S/C17H22N2O/c1-3-5-16(19-12-11-18-13-19)14-7-9-15(10-8-14)17(20)6-4-2/h7-13,16H,3-6H2,1-2H3. The monoisotopic (exact) mass is 270 g/mol. The Morgan fingerprint density at radius 2 is 1.95 bits per heavy atom. The fraction of sp³-hybridized carbons (Fsp3) is 0.412. The van der Waals surface area contributed by atoms with Gasteiger partial charge in [-0.2, -0.15) is 0 Å². The molecular formula is C17H22N2O. The molecule has 0 saturated heterocycles. The van der Waals surface area contributed by atoms with Gasteiger partial charge in [-0.1, -0.05) is 44.5 Å². The van der Waals surface area contributed by atoms with Gasteiger partial charge in [0.05, 0.1) is 12.4 Å². The Bertz CT molecular complexity index is 529. The minimum atomic E-state index is 0.230. The van der Waals surface area contributed by atoms with E-state index in [1.807, 2.05) is 37.8 Å². The van der Waals surface area contributed by atoms with Crippen LogP contribution >= 0.6 is 0 Å². The van der Waals surface area contributed by atoms with Crippen LogP contribution in [0.25, 0.3) is 0 Å². The molecule has 3 heteroatoms. The summed E-state index contributed by atoms with van der Waals surface area (Å²) >= 11 is 0. The van der Waals surface area contributed by atoms with E-state index in [1.54, 1.807) is 0 Å². The summed E-state index contributed by atoms with van der Waals surface area (Å²) in [7, 11) is 0. The molecule has 0 aliphatic heterocycles. The van der Waals surface area contributed by atoms with Gasteiger partial charge in [-0.3, -0.25) is 4.79 Å². The third kappa shape index (κ3) is 3.35. The third-order valence-electron chi connectivity index (χ3n) is 3.54. The lowest BCUT2D eigenvalue weighted by Gasteiger charge is -2.18. The van der Waals surface area contributed by atoms with Gasteiger partial charge in [0.25, 0.3) is 0 Å². The molecule has 3 nitrogen and oxygen atoms in total. The maximum Gasteiger partial charge on any atom is 0.162 e. The number of carbonyl (C=O) groups excluding carboxylic acids is 1. The second-order valence-electron chi connectivity index (χ2n) is 5.11. The van der Waals surface area contributed by atoms with Gasteiger partial charge in [-0.25, -0.2) is 4.98 Å². The number of Topliss-reactive ketones (excluding diaryl/α,β-unsaturated/α-hetero) is 1. The van der Waals surface area contributed by atoms with Crippen molar-refractivity contribution in [3.63, 3.8) is 0 Å². The number of benzene rings is 1. The highest BCUT2D eigenvalue weighted by molar-refractivity contribution is 5.96. The van der Waals surface area contributed by atoms with Gasteiger partial charge < -0.3 is 4.57 Å². The Labute approximate surface area is 120 Å². The fourth-order valence-corrected chi connectivity index (χ4v) is 2.48. The first-order chi connectivity index (χ1) is 9.76. The van der Waals surface area contributed by atoms with Gasteiger partial charge in [-0.15, -0.1) is 0 Å². The molecule has 1 atom stereocenters. The summed E-state index contributed by atoms with van der Waals surface area (Å²) in [6.45, 7) is 4.21. The Kier molecular flexibility index (Phi) is 5.10. The van der Waals surface area contributed by atoms with Gasteiger partial charge >= 0.3 is 0 Å². The van der Waals surface area contributed by atoms with Gasteiger partial charge in [0.15, 0.2) is 5.78 Å². The van der Waals surface area contributed by atoms with E-state index in [-0.39, 0.29) is 5.78 Å². The molecule has 1 aromatic heterocycles. The van der Waals surface area contributed by atoms with Crippen molar-refractivity contribution in [3.8, 4) is 0 Å². The van der Waals surface area contributed by atoms with Crippen LogP contribution in [0.2, 0.25) is 0 Å². The van der Waals surface area contributed by atoms with Gasteiger partial charge in [0.2, 0.25) is 0 Å². The zero-order valence-electron chi connectivity index (χ0n) is 12.2. The average Bonchev–Trinajstić information content (AvgIpc) is 2.99. The van der Waals surface area contributed by atoms with Crippen molar-refractivity contribution in [1.29, 1.82) is 0 Å². The molecular weight excluding hydrogens is 248 g/mol. The van der Waals surface area contributed by atoms with Crippen molar-refractivity contribution in [1.82, 2.24) is 9.55 Å². The summed E-state index contributed by atoms with van der Waals surface area (Å²) < 4.78 is 2.13. The Morgan fingerprint density at radius 3 is 2.50 bits per heavy atom. The van der Waals surface area contributed by atoms with Crippen molar-refractivity contribution in [2.24, 2.45) is 0 Å². The van der Waals surface area contributed by atoms with Crippen molar-refractivity contribution >= 4 is 5.78 Å². The summed E-state index contributed by atoms with van der Waals surface area (Å²) in [6, 6.07) is 8.35. The van der Waals surface area contributed by atoms with Crippen molar-refractivity contribution in [2.75, 3.05) is 0 Å². The molecule has 2 aromatic rings. The topological polar surface area (TPSA) is 34.9 Å². The molecule has 106 valence electrons. The molecule has 0 aliphatic carbocycles. The van der Waals surface area contributed by atoms with Crippen LogP contribution in [0.3, 0.4) is 0 Å². The molecule has 0 fully saturated rings. The number of hydrogen-bond acceptors (Lipinski definition) is 2. The van der Waals surface area contributed by atoms with Crippen LogP contribution in [0.1, 0.15) is 61.5 Å². The molecule has 0 N–H and O–H groups in total. The lowest BCUT2D eigenvalue weighted by molar-refractivity contribution is 0.0981. The Hall–Kier alpha value is -1.90. The number of hydrogen-bond donors (Lipinski definition) is 0. The van der Waals surface area contributed by atoms with Crippen LogP contribution in [0.4, 0.5) is 0 Å². The highest BCUT2D eigenvalue weighted by Gasteiger charge is 2.13. The second-order valence-corrected chi connectivity index (χ2v) is 5.11. The summed E-state index contributed by atoms with van der Waals surface area (Å²) in [5.74, 6) is 0.230. The SMILES string of the molecule is CCCC(=O)c1ccc(C(CCC)n2ccnc2)cc1. The van der Waals surface area contributed by atoms with E-state index in [2.05, 4.69) is 28.6 Å². The number of rotatable bonds is 7. The molecule has 1 aromatic carbocycles. The molecule has 1 unspecified atom stereocenters. The average molecular weight is 270 g/mol. The van der Waals surface area contributed by atoms with Crippen molar-refractivity contribution in [3.05, 3.63) is 54.1 Å². The van der Waals surface area contributed by atoms with E-state index in [4.69, 9.17) is 0 Å². The molecule has 20 heavy (non-hydrogen) atoms. The fourth-order valence-electron chi connectivity index (χ4n) is 2.48. The minimum Gasteiger partial charge on any atom is -0.330 e. The predicted octanol–water partition coefficient (Wildman–Crippen LogP) is 4.26. The predicted molar refractivity (Wildman–Crippen MR) is 81.0 cm³/mol. The number of nitrogens with zero attached hydrogens (tertiary/aromatic N) is 2. The van der Waals surface area contributed by atoms with Gasteiger partial charge in [-0.05, 0) is 18.4 Å². The first-order valence-corrected chi connectivity index (χ1v) is 7.36. The van der Waals surface area contributed by atoms with E-state index in [1.165, 1.54) is 5.56 Å². The van der Waals surface area contributed by atoms with E-state index >= 15 is 0 Å². The quantitative estimate of drug-likeness (QED) is 0.705. The number of imidazole rings is 1. The third-order valence-corrected chi connectivity index (χ3v) is 3.54. The molecule has 0 amide bonds. The zero-order valence-corrected chi connectivity index (χ0v) is 12.2.